The van der Waals surface area contributed by atoms with Crippen LogP contribution in [-0.2, 0) is 0 Å². The van der Waals surface area contributed by atoms with Crippen molar-refractivity contribution >= 4 is 33.8 Å². The lowest BCUT2D eigenvalue weighted by molar-refractivity contribution is 0.0734. The molecule has 0 unspecified atom stereocenters. The number of ketones is 1. The third kappa shape index (κ3) is 3.62. The number of Topliss-reactive ketones (excluding diaryl/α,β-unsaturated/α-hetero) is 1. The Kier molecular flexibility index (Phi) is 4.84. The highest BCUT2D eigenvalue weighted by molar-refractivity contribution is 9.10. The summed E-state index contributed by atoms with van der Waals surface area (Å²) in [5.74, 6) is 0.278. The summed E-state index contributed by atoms with van der Waals surface area (Å²) in [4.78, 5) is 24.9. The number of aryl methyl sites for hydroxylation is 1. The zero-order valence-corrected chi connectivity index (χ0v) is 16.5. The highest BCUT2D eigenvalue weighted by Crippen LogP contribution is 2.35. The molecule has 0 saturated carbocycles. The summed E-state index contributed by atoms with van der Waals surface area (Å²) < 4.78 is 12.0. The van der Waals surface area contributed by atoms with Crippen LogP contribution in [0.5, 0.6) is 11.5 Å². The van der Waals surface area contributed by atoms with Gasteiger partial charge in [0.1, 0.15) is 11.5 Å². The predicted octanol–water partition coefficient (Wildman–Crippen LogP) is 5.59. The standard InChI is InChI=1S/C23H15BrO4/c1-14-4-2-3-5-16(14)12-21-22(25)19-11-10-18(13-20(19)28-21)27-23(26)15-6-8-17(24)9-7-15/h2-13H,1H3. The third-order valence-corrected chi connectivity index (χ3v) is 4.94. The fourth-order valence-corrected chi connectivity index (χ4v) is 3.14. The Morgan fingerprint density at radius 3 is 2.54 bits per heavy atom. The SMILES string of the molecule is Cc1ccccc1C=C1Oc2cc(OC(=O)c3ccc(Br)cc3)ccc2C1=O. The first-order valence-corrected chi connectivity index (χ1v) is 9.42. The molecule has 0 atom stereocenters. The summed E-state index contributed by atoms with van der Waals surface area (Å²) in [5.41, 5.74) is 2.84. The second kappa shape index (κ2) is 7.44. The molecule has 1 aliphatic rings. The van der Waals surface area contributed by atoms with Crippen LogP contribution in [0.2, 0.25) is 0 Å². The minimum atomic E-state index is -0.479. The van der Waals surface area contributed by atoms with Gasteiger partial charge in [-0.15, -0.1) is 0 Å². The van der Waals surface area contributed by atoms with Gasteiger partial charge in [-0.05, 0) is 60.5 Å². The van der Waals surface area contributed by atoms with Crippen molar-refractivity contribution in [1.29, 1.82) is 0 Å². The minimum Gasteiger partial charge on any atom is -0.452 e. The first-order chi connectivity index (χ1) is 13.5. The average molecular weight is 435 g/mol. The number of carbonyl (C=O) groups is 2. The minimum absolute atomic E-state index is 0.191. The van der Waals surface area contributed by atoms with Crippen molar-refractivity contribution in [1.82, 2.24) is 0 Å². The number of allylic oxidation sites excluding steroid dienone is 1. The summed E-state index contributed by atoms with van der Waals surface area (Å²) in [6.07, 6.45) is 1.73. The number of benzene rings is 3. The van der Waals surface area contributed by atoms with Crippen LogP contribution in [0, 0.1) is 6.92 Å². The van der Waals surface area contributed by atoms with Gasteiger partial charge in [0.2, 0.25) is 5.78 Å². The van der Waals surface area contributed by atoms with Gasteiger partial charge < -0.3 is 9.47 Å². The van der Waals surface area contributed by atoms with E-state index >= 15 is 0 Å². The number of carbonyl (C=O) groups excluding carboxylic acids is 2. The summed E-state index contributed by atoms with van der Waals surface area (Å²) in [7, 11) is 0. The first kappa shape index (κ1) is 18.2. The highest BCUT2D eigenvalue weighted by atomic mass is 79.9. The van der Waals surface area contributed by atoms with E-state index in [4.69, 9.17) is 9.47 Å². The Morgan fingerprint density at radius 2 is 1.79 bits per heavy atom. The Labute approximate surface area is 170 Å². The van der Waals surface area contributed by atoms with Gasteiger partial charge in [0.25, 0.3) is 0 Å². The molecule has 4 rings (SSSR count). The Morgan fingerprint density at radius 1 is 1.04 bits per heavy atom. The second-order valence-corrected chi connectivity index (χ2v) is 7.27. The Bertz CT molecular complexity index is 1110. The number of ether oxygens (including phenoxy) is 2. The van der Waals surface area contributed by atoms with Crippen LogP contribution in [-0.4, -0.2) is 11.8 Å². The average Bonchev–Trinajstić information content (AvgIpc) is 2.99. The van der Waals surface area contributed by atoms with Gasteiger partial charge in [0, 0.05) is 10.5 Å². The highest BCUT2D eigenvalue weighted by Gasteiger charge is 2.28. The fourth-order valence-electron chi connectivity index (χ4n) is 2.87. The second-order valence-electron chi connectivity index (χ2n) is 6.35. The quantitative estimate of drug-likeness (QED) is 0.306. The third-order valence-electron chi connectivity index (χ3n) is 4.41. The van der Waals surface area contributed by atoms with E-state index in [1.807, 2.05) is 31.2 Å². The first-order valence-electron chi connectivity index (χ1n) is 8.63. The van der Waals surface area contributed by atoms with E-state index < -0.39 is 5.97 Å². The molecule has 3 aromatic rings. The Hall–Kier alpha value is -3.18. The topological polar surface area (TPSA) is 52.6 Å². The molecular weight excluding hydrogens is 420 g/mol. The van der Waals surface area contributed by atoms with E-state index in [1.54, 1.807) is 48.5 Å². The molecule has 0 bridgehead atoms. The van der Waals surface area contributed by atoms with Crippen molar-refractivity contribution in [3.8, 4) is 11.5 Å². The number of hydrogen-bond donors (Lipinski definition) is 0. The van der Waals surface area contributed by atoms with Crippen LogP contribution < -0.4 is 9.47 Å². The number of rotatable bonds is 3. The molecule has 1 heterocycles. The zero-order chi connectivity index (χ0) is 19.7. The van der Waals surface area contributed by atoms with Gasteiger partial charge in [-0.1, -0.05) is 40.2 Å². The van der Waals surface area contributed by atoms with Gasteiger partial charge in [-0.2, -0.15) is 0 Å². The summed E-state index contributed by atoms with van der Waals surface area (Å²) >= 11 is 3.33. The van der Waals surface area contributed by atoms with Crippen molar-refractivity contribution in [3.63, 3.8) is 0 Å². The summed E-state index contributed by atoms with van der Waals surface area (Å²) in [5, 5.41) is 0. The van der Waals surface area contributed by atoms with Gasteiger partial charge in [0.05, 0.1) is 11.1 Å². The van der Waals surface area contributed by atoms with Crippen molar-refractivity contribution in [3.05, 3.63) is 99.2 Å². The normalized spacial score (nSPS) is 13.9. The van der Waals surface area contributed by atoms with Crippen molar-refractivity contribution in [2.75, 3.05) is 0 Å². The van der Waals surface area contributed by atoms with Crippen LogP contribution in [0.1, 0.15) is 31.8 Å². The molecule has 0 amide bonds. The lowest BCUT2D eigenvalue weighted by Gasteiger charge is -2.06. The molecule has 0 radical (unpaired) electrons. The van der Waals surface area contributed by atoms with Crippen molar-refractivity contribution in [2.24, 2.45) is 0 Å². The number of halogens is 1. The molecule has 28 heavy (non-hydrogen) atoms. The maximum absolute atomic E-state index is 12.6. The van der Waals surface area contributed by atoms with Crippen LogP contribution >= 0.6 is 15.9 Å². The molecule has 3 aromatic carbocycles. The van der Waals surface area contributed by atoms with Crippen molar-refractivity contribution < 1.29 is 19.1 Å². The van der Waals surface area contributed by atoms with E-state index in [9.17, 15) is 9.59 Å². The molecule has 138 valence electrons. The van der Waals surface area contributed by atoms with Gasteiger partial charge in [0.15, 0.2) is 5.76 Å². The van der Waals surface area contributed by atoms with E-state index in [-0.39, 0.29) is 11.5 Å². The monoisotopic (exact) mass is 434 g/mol. The molecule has 0 aliphatic carbocycles. The molecule has 0 N–H and O–H groups in total. The number of hydrogen-bond acceptors (Lipinski definition) is 4. The van der Waals surface area contributed by atoms with Gasteiger partial charge in [-0.25, -0.2) is 4.79 Å². The maximum Gasteiger partial charge on any atom is 0.343 e. The van der Waals surface area contributed by atoms with Crippen LogP contribution in [0.15, 0.2) is 77.0 Å². The molecule has 0 spiro atoms. The Balaban J connectivity index is 1.56. The lowest BCUT2D eigenvalue weighted by Crippen LogP contribution is -2.08. The van der Waals surface area contributed by atoms with Crippen LogP contribution in [0.4, 0.5) is 0 Å². The van der Waals surface area contributed by atoms with Crippen LogP contribution in [0.3, 0.4) is 0 Å². The molecule has 5 heteroatoms. The summed E-state index contributed by atoms with van der Waals surface area (Å²) in [6.45, 7) is 1.97. The molecule has 4 nitrogen and oxygen atoms in total. The zero-order valence-electron chi connectivity index (χ0n) is 14.9. The lowest BCUT2D eigenvalue weighted by atomic mass is 10.1. The molecule has 0 aromatic heterocycles. The van der Waals surface area contributed by atoms with Crippen molar-refractivity contribution in [2.45, 2.75) is 6.92 Å². The van der Waals surface area contributed by atoms with E-state index in [0.29, 0.717) is 22.6 Å². The fraction of sp³-hybridized carbons (Fsp3) is 0.0435. The van der Waals surface area contributed by atoms with Gasteiger partial charge >= 0.3 is 5.97 Å². The van der Waals surface area contributed by atoms with Gasteiger partial charge in [-0.3, -0.25) is 4.79 Å². The summed E-state index contributed by atoms with van der Waals surface area (Å²) in [6, 6.07) is 19.4. The largest absolute Gasteiger partial charge is 0.452 e. The van der Waals surface area contributed by atoms with Crippen LogP contribution in [0.25, 0.3) is 6.08 Å². The predicted molar refractivity (Wildman–Crippen MR) is 110 cm³/mol. The molecular formula is C23H15BrO4. The maximum atomic E-state index is 12.6. The van der Waals surface area contributed by atoms with E-state index in [1.165, 1.54) is 0 Å². The smallest absolute Gasteiger partial charge is 0.343 e. The number of fused-ring (bicyclic) bond motifs is 1. The molecule has 0 saturated heterocycles. The molecule has 0 fully saturated rings. The van der Waals surface area contributed by atoms with E-state index in [0.717, 1.165) is 15.6 Å². The van der Waals surface area contributed by atoms with E-state index in [2.05, 4.69) is 15.9 Å². The molecule has 1 aliphatic heterocycles. The number of esters is 1.